The molecule has 0 aliphatic rings. The van der Waals surface area contributed by atoms with Gasteiger partial charge in [0, 0.05) is 11.1 Å². The second-order valence-corrected chi connectivity index (χ2v) is 7.93. The number of fused-ring (bicyclic) bond motifs is 1. The molecule has 0 aliphatic carbocycles. The Hall–Kier alpha value is -3.59. The van der Waals surface area contributed by atoms with Gasteiger partial charge in [-0.05, 0) is 49.4 Å². The third-order valence-electron chi connectivity index (χ3n) is 4.72. The van der Waals surface area contributed by atoms with E-state index in [0.29, 0.717) is 38.0 Å². The third-order valence-corrected chi connectivity index (χ3v) is 5.70. The first-order chi connectivity index (χ1) is 14.9. The lowest BCUT2D eigenvalue weighted by molar-refractivity contribution is 0.0965. The monoisotopic (exact) mass is 439 g/mol. The second-order valence-electron chi connectivity index (χ2n) is 6.72. The highest BCUT2D eigenvalue weighted by atomic mass is 32.1. The van der Waals surface area contributed by atoms with Crippen molar-refractivity contribution in [2.24, 2.45) is 0 Å². The van der Waals surface area contributed by atoms with E-state index in [4.69, 9.17) is 9.47 Å². The van der Waals surface area contributed by atoms with Gasteiger partial charge in [-0.15, -0.1) is 11.3 Å². The summed E-state index contributed by atoms with van der Waals surface area (Å²) in [7, 11) is 2.98. The second kappa shape index (κ2) is 8.27. The average molecular weight is 439 g/mol. The van der Waals surface area contributed by atoms with Crippen LogP contribution in [0.25, 0.3) is 21.5 Å². The first-order valence-electron chi connectivity index (χ1n) is 9.30. The number of benzene rings is 2. The van der Waals surface area contributed by atoms with E-state index in [-0.39, 0.29) is 23.7 Å². The van der Waals surface area contributed by atoms with E-state index >= 15 is 0 Å². The lowest BCUT2D eigenvalue weighted by Crippen LogP contribution is -2.27. The molecule has 0 fully saturated rings. The number of hydrogen-bond acceptors (Lipinski definition) is 7. The molecule has 7 nitrogen and oxygen atoms in total. The maximum absolute atomic E-state index is 13.4. The van der Waals surface area contributed by atoms with Gasteiger partial charge in [0.15, 0.2) is 22.8 Å². The molecule has 2 aromatic heterocycles. The number of hydrogen-bond donors (Lipinski definition) is 0. The number of nitrogens with zero attached hydrogens (tertiary/aromatic N) is 3. The summed E-state index contributed by atoms with van der Waals surface area (Å²) in [5.41, 5.74) is 1.22. The van der Waals surface area contributed by atoms with E-state index in [1.165, 1.54) is 37.7 Å². The molecule has 0 N–H and O–H groups in total. The van der Waals surface area contributed by atoms with Crippen LogP contribution in [-0.2, 0) is 6.54 Å². The molecular formula is C22H18FN3O4S. The number of thiazole rings is 1. The van der Waals surface area contributed by atoms with Gasteiger partial charge in [-0.2, -0.15) is 5.10 Å². The maximum Gasteiger partial charge on any atom is 0.294 e. The molecule has 2 heterocycles. The number of methoxy groups -OCH3 is 2. The van der Waals surface area contributed by atoms with E-state index in [0.717, 1.165) is 4.68 Å². The lowest BCUT2D eigenvalue weighted by Gasteiger charge is -2.10. The number of halogens is 1. The minimum atomic E-state index is -0.459. The third kappa shape index (κ3) is 3.91. The van der Waals surface area contributed by atoms with Crippen molar-refractivity contribution in [2.75, 3.05) is 14.2 Å². The van der Waals surface area contributed by atoms with E-state index in [1.54, 1.807) is 37.3 Å². The zero-order valence-electron chi connectivity index (χ0n) is 17.0. The zero-order valence-corrected chi connectivity index (χ0v) is 17.8. The predicted octanol–water partition coefficient (Wildman–Crippen LogP) is 3.87. The number of Topliss-reactive ketones (excluding diaryl/α,β-unsaturated/α-hetero) is 1. The Balaban J connectivity index is 1.79. The predicted molar refractivity (Wildman–Crippen MR) is 116 cm³/mol. The fourth-order valence-corrected chi connectivity index (χ4v) is 4.12. The largest absolute Gasteiger partial charge is 0.493 e. The zero-order chi connectivity index (χ0) is 22.1. The Bertz CT molecular complexity index is 1350. The number of aromatic nitrogens is 3. The van der Waals surface area contributed by atoms with Gasteiger partial charge in [-0.1, -0.05) is 0 Å². The molecule has 9 heteroatoms. The first-order valence-corrected chi connectivity index (χ1v) is 10.1. The normalized spacial score (nSPS) is 11.0. The van der Waals surface area contributed by atoms with E-state index < -0.39 is 5.56 Å². The molecule has 0 aliphatic heterocycles. The number of rotatable bonds is 6. The molecule has 0 saturated carbocycles. The Labute approximate surface area is 180 Å². The summed E-state index contributed by atoms with van der Waals surface area (Å²) in [4.78, 5) is 30.2. The summed E-state index contributed by atoms with van der Waals surface area (Å²) < 4.78 is 25.5. The van der Waals surface area contributed by atoms with Gasteiger partial charge in [0.25, 0.3) is 5.56 Å². The summed E-state index contributed by atoms with van der Waals surface area (Å²) in [6, 6.07) is 10.6. The summed E-state index contributed by atoms with van der Waals surface area (Å²) >= 11 is 1.33. The highest BCUT2D eigenvalue weighted by Crippen LogP contribution is 2.30. The Morgan fingerprint density at radius 1 is 1.10 bits per heavy atom. The van der Waals surface area contributed by atoms with Crippen molar-refractivity contribution < 1.29 is 18.7 Å². The molecule has 0 bridgehead atoms. The first kappa shape index (κ1) is 20.7. The quantitative estimate of drug-likeness (QED) is 0.424. The SMILES string of the molecule is COc1ccc(C(=O)Cn2nc(-c3ccc(F)cc3)c3sc(C)nc3c2=O)cc1OC. The highest BCUT2D eigenvalue weighted by Gasteiger charge is 2.19. The van der Waals surface area contributed by atoms with Crippen LogP contribution in [0, 0.1) is 12.7 Å². The number of ether oxygens (including phenoxy) is 2. The van der Waals surface area contributed by atoms with E-state index in [2.05, 4.69) is 10.1 Å². The van der Waals surface area contributed by atoms with Crippen LogP contribution in [0.1, 0.15) is 15.4 Å². The lowest BCUT2D eigenvalue weighted by atomic mass is 10.1. The number of aryl methyl sites for hydroxylation is 1. The van der Waals surface area contributed by atoms with Crippen molar-refractivity contribution in [3.63, 3.8) is 0 Å². The van der Waals surface area contributed by atoms with Crippen LogP contribution in [0.2, 0.25) is 0 Å². The Morgan fingerprint density at radius 2 is 1.81 bits per heavy atom. The van der Waals surface area contributed by atoms with Gasteiger partial charge < -0.3 is 9.47 Å². The number of ketones is 1. The van der Waals surface area contributed by atoms with Crippen molar-refractivity contribution in [2.45, 2.75) is 13.5 Å². The van der Waals surface area contributed by atoms with Crippen LogP contribution in [0.5, 0.6) is 11.5 Å². The molecular weight excluding hydrogens is 421 g/mol. The Morgan fingerprint density at radius 3 is 2.48 bits per heavy atom. The van der Waals surface area contributed by atoms with Crippen LogP contribution in [-0.4, -0.2) is 34.8 Å². The van der Waals surface area contributed by atoms with Gasteiger partial charge >= 0.3 is 0 Å². The molecule has 2 aromatic carbocycles. The van der Waals surface area contributed by atoms with Crippen molar-refractivity contribution in [1.82, 2.24) is 14.8 Å². The fourth-order valence-electron chi connectivity index (χ4n) is 3.21. The van der Waals surface area contributed by atoms with Crippen LogP contribution >= 0.6 is 11.3 Å². The molecule has 4 rings (SSSR count). The maximum atomic E-state index is 13.4. The minimum absolute atomic E-state index is 0.233. The van der Waals surface area contributed by atoms with Crippen LogP contribution < -0.4 is 15.0 Å². The number of carbonyl (C=O) groups excluding carboxylic acids is 1. The topological polar surface area (TPSA) is 83.3 Å². The molecule has 0 radical (unpaired) electrons. The van der Waals surface area contributed by atoms with Crippen molar-refractivity contribution in [3.8, 4) is 22.8 Å². The molecule has 0 spiro atoms. The standard InChI is InChI=1S/C22H18FN3O4S/c1-12-24-20-21(31-12)19(13-4-7-15(23)8-5-13)25-26(22(20)28)11-16(27)14-6-9-17(29-2)18(10-14)30-3/h4-10H,11H2,1-3H3. The van der Waals surface area contributed by atoms with Crippen LogP contribution in [0.3, 0.4) is 0 Å². The molecule has 4 aromatic rings. The molecule has 0 unspecified atom stereocenters. The van der Waals surface area contributed by atoms with Crippen molar-refractivity contribution >= 4 is 27.3 Å². The summed E-state index contributed by atoms with van der Waals surface area (Å²) in [6.07, 6.45) is 0. The minimum Gasteiger partial charge on any atom is -0.493 e. The summed E-state index contributed by atoms with van der Waals surface area (Å²) in [6.45, 7) is 1.51. The average Bonchev–Trinajstić information content (AvgIpc) is 3.17. The number of carbonyl (C=O) groups is 1. The van der Waals surface area contributed by atoms with Gasteiger partial charge in [0.2, 0.25) is 0 Å². The summed E-state index contributed by atoms with van der Waals surface area (Å²) in [5, 5.41) is 5.13. The van der Waals surface area contributed by atoms with Gasteiger partial charge in [-0.3, -0.25) is 9.59 Å². The highest BCUT2D eigenvalue weighted by molar-refractivity contribution is 7.19. The van der Waals surface area contributed by atoms with Gasteiger partial charge in [-0.25, -0.2) is 14.1 Å². The fraction of sp³-hybridized carbons (Fsp3) is 0.182. The van der Waals surface area contributed by atoms with Gasteiger partial charge in [0.05, 0.1) is 23.9 Å². The van der Waals surface area contributed by atoms with E-state index in [9.17, 15) is 14.0 Å². The van der Waals surface area contributed by atoms with Crippen LogP contribution in [0.15, 0.2) is 47.3 Å². The molecule has 31 heavy (non-hydrogen) atoms. The van der Waals surface area contributed by atoms with Crippen LogP contribution in [0.4, 0.5) is 4.39 Å². The van der Waals surface area contributed by atoms with E-state index in [1.807, 2.05) is 0 Å². The smallest absolute Gasteiger partial charge is 0.294 e. The molecule has 0 atom stereocenters. The van der Waals surface area contributed by atoms with Crippen molar-refractivity contribution in [1.29, 1.82) is 0 Å². The van der Waals surface area contributed by atoms with Gasteiger partial charge in [0.1, 0.15) is 18.1 Å². The molecule has 0 saturated heterocycles. The molecule has 0 amide bonds. The summed E-state index contributed by atoms with van der Waals surface area (Å²) in [5.74, 6) is 0.197. The Kier molecular flexibility index (Phi) is 5.51. The van der Waals surface area contributed by atoms with Crippen molar-refractivity contribution in [3.05, 3.63) is 69.2 Å². The molecule has 158 valence electrons.